The number of halogens is 1. The van der Waals surface area contributed by atoms with E-state index in [1.165, 1.54) is 0 Å². The van der Waals surface area contributed by atoms with Crippen LogP contribution in [-0.2, 0) is 6.42 Å². The van der Waals surface area contributed by atoms with Gasteiger partial charge in [-0.25, -0.2) is 0 Å². The Bertz CT molecular complexity index is 535. The second-order valence-corrected chi connectivity index (χ2v) is 4.58. The van der Waals surface area contributed by atoms with Crippen molar-refractivity contribution in [2.24, 2.45) is 0 Å². The number of para-hydroxylation sites is 1. The Labute approximate surface area is 108 Å². The number of Topliss-reactive ketones (excluding diaryl/α,β-unsaturated/α-hetero) is 1. The lowest BCUT2D eigenvalue weighted by Crippen LogP contribution is -2.03. The van der Waals surface area contributed by atoms with Crippen molar-refractivity contribution in [3.63, 3.8) is 0 Å². The SMILES string of the molecule is O=C(Cc1ccccc1)c1cccc(Br)c1O. The summed E-state index contributed by atoms with van der Waals surface area (Å²) in [4.78, 5) is 12.0. The molecule has 0 fully saturated rings. The molecule has 2 rings (SSSR count). The van der Waals surface area contributed by atoms with Gasteiger partial charge in [-0.3, -0.25) is 4.79 Å². The van der Waals surface area contributed by atoms with Crippen LogP contribution >= 0.6 is 15.9 Å². The summed E-state index contributed by atoms with van der Waals surface area (Å²) in [5.74, 6) is -0.0802. The van der Waals surface area contributed by atoms with E-state index in [4.69, 9.17) is 0 Å². The summed E-state index contributed by atoms with van der Waals surface area (Å²) in [6.07, 6.45) is 0.296. The van der Waals surface area contributed by atoms with E-state index in [1.54, 1.807) is 18.2 Å². The maximum absolute atomic E-state index is 12.0. The van der Waals surface area contributed by atoms with Gasteiger partial charge in [0.15, 0.2) is 5.78 Å². The standard InChI is InChI=1S/C14H11BrO2/c15-12-8-4-7-11(14(12)17)13(16)9-10-5-2-1-3-6-10/h1-8,17H,9H2. The molecule has 0 unspecified atom stereocenters. The van der Waals surface area contributed by atoms with Crippen LogP contribution in [0.3, 0.4) is 0 Å². The fraction of sp³-hybridized carbons (Fsp3) is 0.0714. The maximum Gasteiger partial charge on any atom is 0.170 e. The number of phenols is 1. The lowest BCUT2D eigenvalue weighted by molar-refractivity contribution is 0.0990. The molecule has 0 saturated heterocycles. The van der Waals surface area contributed by atoms with Gasteiger partial charge in [-0.05, 0) is 33.6 Å². The summed E-state index contributed by atoms with van der Waals surface area (Å²) in [5.41, 5.74) is 1.29. The van der Waals surface area contributed by atoms with Crippen LogP contribution in [0.5, 0.6) is 5.75 Å². The number of phenolic OH excluding ortho intramolecular Hbond substituents is 1. The van der Waals surface area contributed by atoms with Gasteiger partial charge < -0.3 is 5.11 Å². The van der Waals surface area contributed by atoms with E-state index in [0.29, 0.717) is 16.5 Å². The average Bonchev–Trinajstić information content (AvgIpc) is 2.34. The zero-order valence-corrected chi connectivity index (χ0v) is 10.6. The average molecular weight is 291 g/mol. The number of benzene rings is 2. The molecule has 1 N–H and O–H groups in total. The number of rotatable bonds is 3. The van der Waals surface area contributed by atoms with Crippen LogP contribution < -0.4 is 0 Å². The molecule has 0 aliphatic heterocycles. The third-order valence-electron chi connectivity index (χ3n) is 2.49. The fourth-order valence-electron chi connectivity index (χ4n) is 1.62. The normalized spacial score (nSPS) is 10.2. The monoisotopic (exact) mass is 290 g/mol. The number of hydrogen-bond donors (Lipinski definition) is 1. The topological polar surface area (TPSA) is 37.3 Å². The zero-order valence-electron chi connectivity index (χ0n) is 9.06. The molecule has 0 amide bonds. The summed E-state index contributed by atoms with van der Waals surface area (Å²) in [6, 6.07) is 14.6. The van der Waals surface area contributed by atoms with Crippen LogP contribution in [-0.4, -0.2) is 10.9 Å². The number of aromatic hydroxyl groups is 1. The predicted molar refractivity (Wildman–Crippen MR) is 70.3 cm³/mol. The Morgan fingerprint density at radius 2 is 1.76 bits per heavy atom. The van der Waals surface area contributed by atoms with Crippen LogP contribution in [0.1, 0.15) is 15.9 Å². The fourth-order valence-corrected chi connectivity index (χ4v) is 1.98. The summed E-state index contributed by atoms with van der Waals surface area (Å²) in [6.45, 7) is 0. The van der Waals surface area contributed by atoms with E-state index >= 15 is 0 Å². The van der Waals surface area contributed by atoms with Crippen molar-refractivity contribution in [2.45, 2.75) is 6.42 Å². The number of carbonyl (C=O) groups is 1. The largest absolute Gasteiger partial charge is 0.506 e. The molecule has 0 radical (unpaired) electrons. The molecule has 3 heteroatoms. The van der Waals surface area contributed by atoms with Gasteiger partial charge in [0.25, 0.3) is 0 Å². The van der Waals surface area contributed by atoms with Gasteiger partial charge in [0, 0.05) is 6.42 Å². The smallest absolute Gasteiger partial charge is 0.170 e. The molecule has 0 atom stereocenters. The van der Waals surface area contributed by atoms with Gasteiger partial charge in [0.05, 0.1) is 10.0 Å². The highest BCUT2D eigenvalue weighted by atomic mass is 79.9. The molecule has 2 nitrogen and oxygen atoms in total. The van der Waals surface area contributed by atoms with Crippen molar-refractivity contribution < 1.29 is 9.90 Å². The van der Waals surface area contributed by atoms with Crippen LogP contribution in [0, 0.1) is 0 Å². The summed E-state index contributed by atoms with van der Waals surface area (Å²) in [5, 5.41) is 9.78. The molecule has 0 bridgehead atoms. The lowest BCUT2D eigenvalue weighted by Gasteiger charge is -2.05. The Hall–Kier alpha value is -1.61. The summed E-state index contributed by atoms with van der Waals surface area (Å²) < 4.78 is 0.538. The van der Waals surface area contributed by atoms with E-state index < -0.39 is 0 Å². The molecule has 86 valence electrons. The van der Waals surface area contributed by atoms with Crippen LogP contribution in [0.4, 0.5) is 0 Å². The van der Waals surface area contributed by atoms with Gasteiger partial charge in [-0.2, -0.15) is 0 Å². The van der Waals surface area contributed by atoms with E-state index in [2.05, 4.69) is 15.9 Å². The minimum atomic E-state index is -0.0880. The van der Waals surface area contributed by atoms with Crippen LogP contribution in [0.25, 0.3) is 0 Å². The first kappa shape index (κ1) is 11.9. The van der Waals surface area contributed by atoms with E-state index in [1.807, 2.05) is 30.3 Å². The number of ketones is 1. The van der Waals surface area contributed by atoms with Crippen molar-refractivity contribution in [1.29, 1.82) is 0 Å². The molecule has 0 saturated carbocycles. The number of hydrogen-bond acceptors (Lipinski definition) is 2. The molecule has 0 aliphatic carbocycles. The summed E-state index contributed by atoms with van der Waals surface area (Å²) in [7, 11) is 0. The minimum absolute atomic E-state index is 0.00781. The van der Waals surface area contributed by atoms with E-state index in [9.17, 15) is 9.90 Å². The van der Waals surface area contributed by atoms with Crippen molar-refractivity contribution >= 4 is 21.7 Å². The van der Waals surface area contributed by atoms with Crippen LogP contribution in [0.2, 0.25) is 0 Å². The Kier molecular flexibility index (Phi) is 3.59. The molecule has 17 heavy (non-hydrogen) atoms. The Morgan fingerprint density at radius 1 is 1.06 bits per heavy atom. The number of carbonyl (C=O) groups excluding carboxylic acids is 1. The van der Waals surface area contributed by atoms with E-state index in [-0.39, 0.29) is 11.5 Å². The van der Waals surface area contributed by atoms with E-state index in [0.717, 1.165) is 5.56 Å². The lowest BCUT2D eigenvalue weighted by atomic mass is 10.0. The van der Waals surface area contributed by atoms with Crippen molar-refractivity contribution in [2.75, 3.05) is 0 Å². The first-order chi connectivity index (χ1) is 8.18. The van der Waals surface area contributed by atoms with Gasteiger partial charge in [-0.15, -0.1) is 0 Å². The molecular formula is C14H11BrO2. The van der Waals surface area contributed by atoms with Crippen LogP contribution in [0.15, 0.2) is 53.0 Å². The maximum atomic E-state index is 12.0. The molecule has 2 aromatic carbocycles. The molecule has 0 aliphatic rings. The Balaban J connectivity index is 2.24. The molecular weight excluding hydrogens is 280 g/mol. The predicted octanol–water partition coefficient (Wildman–Crippen LogP) is 3.58. The molecule has 0 spiro atoms. The van der Waals surface area contributed by atoms with Gasteiger partial charge in [0.1, 0.15) is 5.75 Å². The molecule has 0 aromatic heterocycles. The third kappa shape index (κ3) is 2.74. The second kappa shape index (κ2) is 5.15. The highest BCUT2D eigenvalue weighted by Crippen LogP contribution is 2.28. The zero-order chi connectivity index (χ0) is 12.3. The quantitative estimate of drug-likeness (QED) is 0.878. The highest BCUT2D eigenvalue weighted by molar-refractivity contribution is 9.10. The van der Waals surface area contributed by atoms with Crippen molar-refractivity contribution in [3.05, 3.63) is 64.1 Å². The van der Waals surface area contributed by atoms with Gasteiger partial charge in [-0.1, -0.05) is 36.4 Å². The first-order valence-electron chi connectivity index (χ1n) is 5.23. The Morgan fingerprint density at radius 3 is 2.47 bits per heavy atom. The molecule has 0 heterocycles. The minimum Gasteiger partial charge on any atom is -0.506 e. The third-order valence-corrected chi connectivity index (χ3v) is 3.13. The molecule has 2 aromatic rings. The van der Waals surface area contributed by atoms with Crippen molar-refractivity contribution in [1.82, 2.24) is 0 Å². The highest BCUT2D eigenvalue weighted by Gasteiger charge is 2.13. The van der Waals surface area contributed by atoms with Gasteiger partial charge >= 0.3 is 0 Å². The second-order valence-electron chi connectivity index (χ2n) is 3.72. The van der Waals surface area contributed by atoms with Crippen molar-refractivity contribution in [3.8, 4) is 5.75 Å². The summed E-state index contributed by atoms with van der Waals surface area (Å²) >= 11 is 3.20. The van der Waals surface area contributed by atoms with Gasteiger partial charge in [0.2, 0.25) is 0 Å². The first-order valence-corrected chi connectivity index (χ1v) is 6.02.